The fraction of sp³-hybridized carbons (Fsp3) is 0.333. The summed E-state index contributed by atoms with van der Waals surface area (Å²) in [6.45, 7) is -0.353. The molecule has 9 nitrogen and oxygen atoms in total. The van der Waals surface area contributed by atoms with E-state index in [0.717, 1.165) is 12.1 Å². The molecule has 0 aliphatic carbocycles. The number of carbonyl (C=O) groups is 1. The van der Waals surface area contributed by atoms with Crippen molar-refractivity contribution < 1.29 is 18.3 Å². The lowest BCUT2D eigenvalue weighted by atomic mass is 10.0. The van der Waals surface area contributed by atoms with Crippen LogP contribution in [0.25, 0.3) is 11.4 Å². The number of ether oxygens (including phenoxy) is 1. The molecule has 0 unspecified atom stereocenters. The Morgan fingerprint density at radius 2 is 2.06 bits per heavy atom. The first-order chi connectivity index (χ1) is 15.9. The first kappa shape index (κ1) is 22.9. The lowest BCUT2D eigenvalue weighted by molar-refractivity contribution is -0.132. The second-order valence-corrected chi connectivity index (χ2v) is 7.77. The third kappa shape index (κ3) is 5.55. The predicted octanol–water partition coefficient (Wildman–Crippen LogP) is 2.37. The molecule has 1 aliphatic rings. The monoisotopic (exact) mass is 477 g/mol. The third-order valence-electron chi connectivity index (χ3n) is 5.12. The summed E-state index contributed by atoms with van der Waals surface area (Å²) in [5, 5.41) is 7.10. The molecule has 1 saturated heterocycles. The molecule has 0 radical (unpaired) electrons. The molecule has 1 amide bonds. The molecule has 1 aliphatic heterocycles. The molecule has 174 valence electrons. The number of nitrogens with one attached hydrogen (secondary N) is 1. The number of nitrogens with two attached hydrogens (primary N) is 1. The molecule has 1 fully saturated rings. The highest BCUT2D eigenvalue weighted by Crippen LogP contribution is 2.29. The van der Waals surface area contributed by atoms with E-state index in [4.69, 9.17) is 22.1 Å². The molecule has 0 atom stereocenters. The number of carbonyl (C=O) groups excluding carboxylic acids is 1. The molecule has 4 rings (SSSR count). The van der Waals surface area contributed by atoms with Crippen molar-refractivity contribution in [3.8, 4) is 17.1 Å². The van der Waals surface area contributed by atoms with E-state index in [2.05, 4.69) is 20.4 Å². The Morgan fingerprint density at radius 1 is 1.24 bits per heavy atom. The van der Waals surface area contributed by atoms with Gasteiger partial charge in [-0.05, 0) is 11.6 Å². The minimum absolute atomic E-state index is 0.0324. The minimum Gasteiger partial charge on any atom is -0.491 e. The van der Waals surface area contributed by atoms with Crippen molar-refractivity contribution in [1.29, 1.82) is 0 Å². The van der Waals surface area contributed by atoms with Crippen molar-refractivity contribution in [2.75, 3.05) is 38.5 Å². The first-order valence-corrected chi connectivity index (χ1v) is 10.6. The highest BCUT2D eigenvalue weighted by atomic mass is 35.5. The quantitative estimate of drug-likeness (QED) is 0.479. The van der Waals surface area contributed by atoms with Gasteiger partial charge in [0.25, 0.3) is 0 Å². The van der Waals surface area contributed by atoms with E-state index >= 15 is 0 Å². The summed E-state index contributed by atoms with van der Waals surface area (Å²) in [5.74, 6) is 0.544. The van der Waals surface area contributed by atoms with E-state index in [1.54, 1.807) is 11.0 Å². The maximum Gasteiger partial charge on any atom is 0.333 e. The highest BCUT2D eigenvalue weighted by Gasteiger charge is 2.20. The average Bonchev–Trinajstić information content (AvgIpc) is 3.20. The van der Waals surface area contributed by atoms with Crippen molar-refractivity contribution in [2.45, 2.75) is 13.0 Å². The van der Waals surface area contributed by atoms with Crippen LogP contribution in [0.15, 0.2) is 36.5 Å². The van der Waals surface area contributed by atoms with Gasteiger partial charge in [-0.1, -0.05) is 29.8 Å². The molecule has 0 saturated carbocycles. The van der Waals surface area contributed by atoms with E-state index in [0.29, 0.717) is 42.2 Å². The van der Waals surface area contributed by atoms with Crippen molar-refractivity contribution in [1.82, 2.24) is 30.0 Å². The molecule has 0 bridgehead atoms. The number of halogens is 3. The Bertz CT molecular complexity index is 1120. The van der Waals surface area contributed by atoms with Gasteiger partial charge < -0.3 is 20.7 Å². The van der Waals surface area contributed by atoms with E-state index in [9.17, 15) is 13.6 Å². The van der Waals surface area contributed by atoms with Gasteiger partial charge in [0.2, 0.25) is 11.9 Å². The molecule has 33 heavy (non-hydrogen) atoms. The fourth-order valence-electron chi connectivity index (χ4n) is 3.57. The van der Waals surface area contributed by atoms with Gasteiger partial charge in [0.15, 0.2) is 0 Å². The SMILES string of the molecule is Nc1nc(Cl)cc(-c2nn(C(F)F)cc2Cc2ccccc2OCCN2CCNCC2=O)n1. The Balaban J connectivity index is 1.56. The minimum atomic E-state index is -2.82. The molecule has 12 heteroatoms. The second kappa shape index (κ2) is 10.1. The number of para-hydroxylation sites is 1. The van der Waals surface area contributed by atoms with Crippen LogP contribution in [0.4, 0.5) is 14.7 Å². The van der Waals surface area contributed by atoms with Crippen LogP contribution in [0.3, 0.4) is 0 Å². The maximum atomic E-state index is 13.4. The lowest BCUT2D eigenvalue weighted by Gasteiger charge is -2.27. The zero-order valence-corrected chi connectivity index (χ0v) is 18.3. The molecule has 3 heterocycles. The van der Waals surface area contributed by atoms with Crippen LogP contribution < -0.4 is 15.8 Å². The van der Waals surface area contributed by atoms with Gasteiger partial charge >= 0.3 is 6.55 Å². The number of aromatic nitrogens is 4. The number of anilines is 1. The smallest absolute Gasteiger partial charge is 0.333 e. The van der Waals surface area contributed by atoms with Crippen molar-refractivity contribution in [2.24, 2.45) is 0 Å². The molecular formula is C21H22ClF2N7O2. The Kier molecular flexibility index (Phi) is 6.99. The van der Waals surface area contributed by atoms with Gasteiger partial charge in [0.05, 0.1) is 18.8 Å². The molecule has 3 aromatic rings. The molecule has 0 spiro atoms. The molecular weight excluding hydrogens is 456 g/mol. The number of nitrogens with zero attached hydrogens (tertiary/aromatic N) is 5. The Labute approximate surface area is 193 Å². The number of rotatable bonds is 8. The van der Waals surface area contributed by atoms with Crippen LogP contribution in [-0.2, 0) is 11.2 Å². The fourth-order valence-corrected chi connectivity index (χ4v) is 3.76. The van der Waals surface area contributed by atoms with Gasteiger partial charge in [-0.3, -0.25) is 4.79 Å². The topological polar surface area (TPSA) is 111 Å². The first-order valence-electron chi connectivity index (χ1n) is 10.3. The average molecular weight is 478 g/mol. The highest BCUT2D eigenvalue weighted by molar-refractivity contribution is 6.29. The largest absolute Gasteiger partial charge is 0.491 e. The van der Waals surface area contributed by atoms with Gasteiger partial charge in [-0.15, -0.1) is 0 Å². The van der Waals surface area contributed by atoms with E-state index in [1.807, 2.05) is 18.2 Å². The summed E-state index contributed by atoms with van der Waals surface area (Å²) < 4.78 is 33.3. The summed E-state index contributed by atoms with van der Waals surface area (Å²) >= 11 is 5.97. The maximum absolute atomic E-state index is 13.4. The summed E-state index contributed by atoms with van der Waals surface area (Å²) in [6, 6.07) is 8.72. The van der Waals surface area contributed by atoms with E-state index < -0.39 is 6.55 Å². The summed E-state index contributed by atoms with van der Waals surface area (Å²) in [4.78, 5) is 21.6. The van der Waals surface area contributed by atoms with Crippen LogP contribution >= 0.6 is 11.6 Å². The number of nitrogen functional groups attached to an aromatic ring is 1. The Morgan fingerprint density at radius 3 is 2.82 bits per heavy atom. The van der Waals surface area contributed by atoms with Crippen LogP contribution in [0, 0.1) is 0 Å². The van der Waals surface area contributed by atoms with Crippen LogP contribution in [-0.4, -0.2) is 63.3 Å². The number of hydrogen-bond acceptors (Lipinski definition) is 7. The van der Waals surface area contributed by atoms with Crippen LogP contribution in [0.2, 0.25) is 5.15 Å². The van der Waals surface area contributed by atoms with Crippen LogP contribution in [0.1, 0.15) is 17.7 Å². The zero-order chi connectivity index (χ0) is 23.4. The van der Waals surface area contributed by atoms with Gasteiger partial charge in [0.1, 0.15) is 23.2 Å². The molecule has 2 aromatic heterocycles. The molecule has 3 N–H and O–H groups in total. The number of alkyl halides is 2. The zero-order valence-electron chi connectivity index (χ0n) is 17.5. The number of hydrogen-bond donors (Lipinski definition) is 2. The van der Waals surface area contributed by atoms with Gasteiger partial charge in [-0.2, -0.15) is 13.9 Å². The Hall–Kier alpha value is -3.31. The number of amides is 1. The predicted molar refractivity (Wildman–Crippen MR) is 118 cm³/mol. The van der Waals surface area contributed by atoms with Crippen molar-refractivity contribution in [3.63, 3.8) is 0 Å². The second-order valence-electron chi connectivity index (χ2n) is 7.39. The lowest BCUT2D eigenvalue weighted by Crippen LogP contribution is -2.49. The van der Waals surface area contributed by atoms with E-state index in [1.165, 1.54) is 12.3 Å². The number of piperazine rings is 1. The summed E-state index contributed by atoms with van der Waals surface area (Å²) in [7, 11) is 0. The van der Waals surface area contributed by atoms with Crippen LogP contribution in [0.5, 0.6) is 5.75 Å². The number of benzene rings is 1. The normalized spacial score (nSPS) is 14.2. The third-order valence-corrected chi connectivity index (χ3v) is 5.32. The van der Waals surface area contributed by atoms with E-state index in [-0.39, 0.29) is 34.8 Å². The van der Waals surface area contributed by atoms with Gasteiger partial charge in [-0.25, -0.2) is 14.6 Å². The van der Waals surface area contributed by atoms with Crippen molar-refractivity contribution in [3.05, 3.63) is 52.8 Å². The molecule has 1 aromatic carbocycles. The summed E-state index contributed by atoms with van der Waals surface area (Å²) in [5.41, 5.74) is 7.42. The van der Waals surface area contributed by atoms with Crippen molar-refractivity contribution >= 4 is 23.5 Å². The summed E-state index contributed by atoms with van der Waals surface area (Å²) in [6.07, 6.45) is 1.52. The standard InChI is InChI=1S/C21H22ClF2N7O2/c22-17-10-15(27-21(25)28-17)19-14(12-31(29-19)20(23)24)9-13-3-1-2-4-16(13)33-8-7-30-6-5-26-11-18(30)32/h1-4,10,12,20,26H,5-9,11H2,(H2,25,27,28). The van der Waals surface area contributed by atoms with Gasteiger partial charge in [0, 0.05) is 37.3 Å².